The van der Waals surface area contributed by atoms with E-state index in [0.717, 1.165) is 32.7 Å². The molecule has 2 aliphatic rings. The fraction of sp³-hybridized carbons (Fsp3) is 0.130. The second-order valence-corrected chi connectivity index (χ2v) is 6.88. The lowest BCUT2D eigenvalue weighted by Gasteiger charge is -2.17. The molecule has 2 aromatic carbocycles. The molecule has 2 aromatic rings. The van der Waals surface area contributed by atoms with E-state index in [4.69, 9.17) is 9.15 Å². The topological polar surface area (TPSA) is 61.0 Å². The number of hydrogen-bond acceptors (Lipinski definition) is 4. The minimum absolute atomic E-state index is 0.128. The number of esters is 1. The molecule has 1 N–H and O–H groups in total. The molecule has 140 valence electrons. The summed E-state index contributed by atoms with van der Waals surface area (Å²) in [6, 6.07) is 18.0. The molecule has 0 fully saturated rings. The van der Waals surface area contributed by atoms with Gasteiger partial charge in [0, 0.05) is 28.6 Å². The number of fused-ring (bicyclic) bond motifs is 2. The van der Waals surface area contributed by atoms with E-state index in [0.29, 0.717) is 16.9 Å². The van der Waals surface area contributed by atoms with E-state index >= 15 is 0 Å². The summed E-state index contributed by atoms with van der Waals surface area (Å²) in [5.41, 5.74) is 4.41. The van der Waals surface area contributed by atoms with Crippen LogP contribution in [0.2, 0.25) is 0 Å². The second-order valence-electron chi connectivity index (χ2n) is 6.88. The van der Waals surface area contributed by atoms with Gasteiger partial charge in [-0.05, 0) is 35.9 Å². The number of benzene rings is 3. The van der Waals surface area contributed by atoms with Crippen molar-refractivity contribution in [2.24, 2.45) is 0 Å². The van der Waals surface area contributed by atoms with Gasteiger partial charge in [-0.1, -0.05) is 18.2 Å². The van der Waals surface area contributed by atoms with Crippen LogP contribution in [0.1, 0.15) is 10.4 Å². The highest BCUT2D eigenvalue weighted by molar-refractivity contribution is 6.08. The Morgan fingerprint density at radius 2 is 1.75 bits per heavy atom. The van der Waals surface area contributed by atoms with Gasteiger partial charge in [0.2, 0.25) is 0 Å². The van der Waals surface area contributed by atoms with E-state index in [1.807, 2.05) is 44.4 Å². The van der Waals surface area contributed by atoms with Gasteiger partial charge in [0.05, 0.1) is 26.8 Å². The lowest BCUT2D eigenvalue weighted by molar-refractivity contribution is -0.786. The molecule has 0 atom stereocenters. The number of rotatable bonds is 3. The predicted molar refractivity (Wildman–Crippen MR) is 108 cm³/mol. The van der Waals surface area contributed by atoms with Crippen LogP contribution in [-0.4, -0.2) is 27.2 Å². The number of quaternary nitrogens is 1. The second kappa shape index (κ2) is 6.94. The predicted octanol–water partition coefficient (Wildman–Crippen LogP) is 3.13. The maximum absolute atomic E-state index is 12.4. The molecule has 4 rings (SSSR count). The van der Waals surface area contributed by atoms with Crippen LogP contribution in [-0.2, 0) is 4.74 Å². The Hall–Kier alpha value is -3.44. The number of nitrogens with one attached hydrogen (secondary N) is 1. The standard InChI is InChI=1S/C23H19NO4/c1-24(2)14-8-10-18-20(12-14)28-21-13-15(25)9-11-19(21)22(18)16-6-4-5-7-17(16)23(26)27-3/h4-13H,1-3H3/p+1. The summed E-state index contributed by atoms with van der Waals surface area (Å²) in [6.45, 7) is 0. The average Bonchev–Trinajstić information content (AvgIpc) is 2.70. The molecule has 0 bridgehead atoms. The highest BCUT2D eigenvalue weighted by atomic mass is 16.5. The van der Waals surface area contributed by atoms with Crippen molar-refractivity contribution in [1.29, 1.82) is 0 Å². The van der Waals surface area contributed by atoms with Crippen molar-refractivity contribution in [1.82, 2.24) is 0 Å². The molecule has 0 aromatic heterocycles. The van der Waals surface area contributed by atoms with Crippen LogP contribution in [0.3, 0.4) is 0 Å². The average molecular weight is 374 g/mol. The Labute approximate surface area is 162 Å². The van der Waals surface area contributed by atoms with Gasteiger partial charge in [-0.25, -0.2) is 4.79 Å². The summed E-state index contributed by atoms with van der Waals surface area (Å²) in [4.78, 5) is 25.5. The molecule has 1 aliphatic carbocycles. The minimum Gasteiger partial charge on any atom is -0.465 e. The van der Waals surface area contributed by atoms with Gasteiger partial charge in [-0.3, -0.25) is 4.79 Å². The van der Waals surface area contributed by atoms with Gasteiger partial charge in [0.1, 0.15) is 17.0 Å². The highest BCUT2D eigenvalue weighted by Crippen LogP contribution is 2.41. The molecule has 0 radical (unpaired) electrons. The fourth-order valence-corrected chi connectivity index (χ4v) is 3.46. The SMILES string of the molecule is COC(=O)c1ccccc1-c1c2ccc(=O)cc-2oc2cc([NH+](C)C)ccc12. The first-order valence-electron chi connectivity index (χ1n) is 8.98. The number of carbonyl (C=O) groups excluding carboxylic acids is 1. The van der Waals surface area contributed by atoms with Crippen molar-refractivity contribution in [3.8, 4) is 22.5 Å². The molecular weight excluding hydrogens is 354 g/mol. The molecule has 0 saturated heterocycles. The van der Waals surface area contributed by atoms with Crippen molar-refractivity contribution in [2.75, 3.05) is 21.2 Å². The zero-order chi connectivity index (χ0) is 19.8. The van der Waals surface area contributed by atoms with Crippen LogP contribution in [0.5, 0.6) is 0 Å². The largest absolute Gasteiger partial charge is 0.465 e. The maximum Gasteiger partial charge on any atom is 0.338 e. The van der Waals surface area contributed by atoms with Gasteiger partial charge in [-0.2, -0.15) is 0 Å². The third kappa shape index (κ3) is 2.96. The summed E-state index contributed by atoms with van der Waals surface area (Å²) in [6.07, 6.45) is 0. The normalized spacial score (nSPS) is 11.3. The zero-order valence-electron chi connectivity index (χ0n) is 15.9. The van der Waals surface area contributed by atoms with E-state index < -0.39 is 5.97 Å². The van der Waals surface area contributed by atoms with E-state index in [2.05, 4.69) is 0 Å². The fourth-order valence-electron chi connectivity index (χ4n) is 3.46. The molecule has 28 heavy (non-hydrogen) atoms. The first-order valence-corrected chi connectivity index (χ1v) is 8.98. The van der Waals surface area contributed by atoms with Crippen LogP contribution in [0, 0.1) is 0 Å². The van der Waals surface area contributed by atoms with Crippen molar-refractivity contribution in [2.45, 2.75) is 0 Å². The first kappa shape index (κ1) is 17.9. The molecule has 1 aliphatic heterocycles. The number of hydrogen-bond donors (Lipinski definition) is 1. The minimum atomic E-state index is -0.410. The molecule has 0 unspecified atom stereocenters. The summed E-state index contributed by atoms with van der Waals surface area (Å²) >= 11 is 0. The van der Waals surface area contributed by atoms with Gasteiger partial charge < -0.3 is 14.1 Å². The summed E-state index contributed by atoms with van der Waals surface area (Å²) in [5.74, 6) is 0.0769. The lowest BCUT2D eigenvalue weighted by atomic mass is 9.90. The third-order valence-electron chi connectivity index (χ3n) is 4.87. The molecule has 0 amide bonds. The third-order valence-corrected chi connectivity index (χ3v) is 4.87. The lowest BCUT2D eigenvalue weighted by Crippen LogP contribution is -3.00. The molecular formula is C23H20NO4+. The van der Waals surface area contributed by atoms with Crippen LogP contribution >= 0.6 is 0 Å². The van der Waals surface area contributed by atoms with Crippen LogP contribution in [0.4, 0.5) is 5.69 Å². The summed E-state index contributed by atoms with van der Waals surface area (Å²) < 4.78 is 11.1. The van der Waals surface area contributed by atoms with Gasteiger partial charge in [-0.15, -0.1) is 0 Å². The van der Waals surface area contributed by atoms with Crippen molar-refractivity contribution in [3.63, 3.8) is 0 Å². The quantitative estimate of drug-likeness (QED) is 0.442. The molecule has 0 saturated carbocycles. The maximum atomic E-state index is 12.4. The monoisotopic (exact) mass is 374 g/mol. The Morgan fingerprint density at radius 1 is 0.964 bits per heavy atom. The van der Waals surface area contributed by atoms with Crippen molar-refractivity contribution >= 4 is 22.6 Å². The van der Waals surface area contributed by atoms with Crippen LogP contribution < -0.4 is 10.3 Å². The van der Waals surface area contributed by atoms with E-state index in [9.17, 15) is 9.59 Å². The molecule has 0 spiro atoms. The Balaban J connectivity index is 2.15. The van der Waals surface area contributed by atoms with Crippen molar-refractivity contribution in [3.05, 3.63) is 76.5 Å². The Morgan fingerprint density at radius 3 is 2.50 bits per heavy atom. The van der Waals surface area contributed by atoms with E-state index in [-0.39, 0.29) is 5.43 Å². The molecule has 5 nitrogen and oxygen atoms in total. The van der Waals surface area contributed by atoms with E-state index in [1.54, 1.807) is 18.2 Å². The first-order chi connectivity index (χ1) is 13.5. The highest BCUT2D eigenvalue weighted by Gasteiger charge is 2.22. The smallest absolute Gasteiger partial charge is 0.338 e. The zero-order valence-corrected chi connectivity index (χ0v) is 15.9. The van der Waals surface area contributed by atoms with Gasteiger partial charge in [0.25, 0.3) is 0 Å². The van der Waals surface area contributed by atoms with Gasteiger partial charge >= 0.3 is 5.97 Å². The summed E-state index contributed by atoms with van der Waals surface area (Å²) in [5, 5.41) is 0.868. The number of carbonyl (C=O) groups is 1. The van der Waals surface area contributed by atoms with Gasteiger partial charge in [0.15, 0.2) is 5.43 Å². The summed E-state index contributed by atoms with van der Waals surface area (Å²) in [7, 11) is 5.43. The Kier molecular flexibility index (Phi) is 4.45. The number of ether oxygens (including phenoxy) is 1. The van der Waals surface area contributed by atoms with Crippen LogP contribution in [0.25, 0.3) is 33.4 Å². The molecule has 5 heteroatoms. The number of methoxy groups -OCH3 is 1. The van der Waals surface area contributed by atoms with E-state index in [1.165, 1.54) is 19.2 Å². The van der Waals surface area contributed by atoms with Crippen LogP contribution in [0.15, 0.2) is 69.9 Å². The van der Waals surface area contributed by atoms with Crippen molar-refractivity contribution < 1.29 is 18.8 Å². The molecule has 1 heterocycles. The Bertz CT molecular complexity index is 1220.